The molecule has 0 saturated carbocycles. The highest BCUT2D eigenvalue weighted by molar-refractivity contribution is 7.99. The van der Waals surface area contributed by atoms with Gasteiger partial charge in [-0.3, -0.25) is 4.79 Å². The zero-order valence-electron chi connectivity index (χ0n) is 10.2. The van der Waals surface area contributed by atoms with E-state index in [1.807, 2.05) is 13.0 Å². The Hall–Kier alpha value is -2.33. The van der Waals surface area contributed by atoms with Crippen LogP contribution in [-0.2, 0) is 0 Å². The average molecular weight is 273 g/mol. The van der Waals surface area contributed by atoms with Crippen molar-refractivity contribution in [3.63, 3.8) is 0 Å². The zero-order chi connectivity index (χ0) is 13.8. The van der Waals surface area contributed by atoms with E-state index in [-0.39, 0.29) is 11.4 Å². The fourth-order valence-electron chi connectivity index (χ4n) is 1.47. The summed E-state index contributed by atoms with van der Waals surface area (Å²) in [6.07, 6.45) is 2.75. The molecule has 0 aliphatic heterocycles. The van der Waals surface area contributed by atoms with Gasteiger partial charge >= 0.3 is 0 Å². The van der Waals surface area contributed by atoms with Gasteiger partial charge in [-0.2, -0.15) is 15.0 Å². The summed E-state index contributed by atoms with van der Waals surface area (Å²) < 4.78 is 1.00. The number of rotatable bonds is 3. The zero-order valence-corrected chi connectivity index (χ0v) is 11.0. The summed E-state index contributed by atoms with van der Waals surface area (Å²) >= 11 is 1.59. The number of anilines is 1. The molecule has 0 spiro atoms. The van der Waals surface area contributed by atoms with Gasteiger partial charge in [-0.05, 0) is 17.9 Å². The second-order valence-corrected chi connectivity index (χ2v) is 4.87. The number of hydrogen-bond acceptors (Lipinski definition) is 6. The fourth-order valence-corrected chi connectivity index (χ4v) is 2.06. The van der Waals surface area contributed by atoms with E-state index < -0.39 is 5.91 Å². The van der Waals surface area contributed by atoms with Gasteiger partial charge in [0.1, 0.15) is 17.5 Å². The molecule has 0 aliphatic carbocycles. The summed E-state index contributed by atoms with van der Waals surface area (Å²) in [6.45, 7) is 2.03. The Bertz CT molecular complexity index is 641. The van der Waals surface area contributed by atoms with Crippen LogP contribution in [0.4, 0.5) is 5.82 Å². The smallest absolute Gasteiger partial charge is 0.281 e. The highest BCUT2D eigenvalue weighted by atomic mass is 32.2. The maximum absolute atomic E-state index is 12.1. The van der Waals surface area contributed by atoms with E-state index in [0.717, 1.165) is 15.5 Å². The van der Waals surface area contributed by atoms with Crippen LogP contribution in [0.25, 0.3) is 0 Å². The van der Waals surface area contributed by atoms with E-state index in [4.69, 9.17) is 11.0 Å². The molecule has 0 fully saturated rings. The minimum absolute atomic E-state index is 0.0412. The number of hydrogen-bond donors (Lipinski definition) is 1. The number of thioether (sulfide) groups is 1. The van der Waals surface area contributed by atoms with Gasteiger partial charge in [-0.1, -0.05) is 6.92 Å². The van der Waals surface area contributed by atoms with Crippen molar-refractivity contribution in [2.45, 2.75) is 11.9 Å². The number of nitrogens with two attached hydrogens (primary N) is 1. The molecule has 96 valence electrons. The fraction of sp³-hybridized carbons (Fsp3) is 0.167. The second-order valence-electron chi connectivity index (χ2n) is 3.59. The predicted molar refractivity (Wildman–Crippen MR) is 71.7 cm³/mol. The summed E-state index contributed by atoms with van der Waals surface area (Å²) in [5, 5.41) is 13.4. The lowest BCUT2D eigenvalue weighted by atomic mass is 10.2. The molecule has 2 rings (SSSR count). The van der Waals surface area contributed by atoms with Crippen molar-refractivity contribution in [1.29, 1.82) is 5.26 Å². The Labute approximate surface area is 114 Å². The van der Waals surface area contributed by atoms with Crippen molar-refractivity contribution >= 4 is 23.5 Å². The third-order valence-corrected chi connectivity index (χ3v) is 3.22. The van der Waals surface area contributed by atoms with Crippen molar-refractivity contribution in [3.05, 3.63) is 35.7 Å². The van der Waals surface area contributed by atoms with Gasteiger partial charge in [-0.25, -0.2) is 4.98 Å². The molecule has 0 aliphatic rings. The van der Waals surface area contributed by atoms with E-state index in [9.17, 15) is 4.79 Å². The SMILES string of the molecule is CCSc1ccc(C(=O)n2ncc(C#N)c2N)cn1. The topological polar surface area (TPSA) is 97.6 Å². The number of nitrogens with zero attached hydrogens (tertiary/aromatic N) is 4. The van der Waals surface area contributed by atoms with Crippen molar-refractivity contribution in [1.82, 2.24) is 14.8 Å². The monoisotopic (exact) mass is 273 g/mol. The molecule has 0 amide bonds. The Balaban J connectivity index is 2.28. The maximum Gasteiger partial charge on any atom is 0.281 e. The number of carbonyl (C=O) groups excluding carboxylic acids is 1. The Morgan fingerprint density at radius 2 is 2.32 bits per heavy atom. The lowest BCUT2D eigenvalue weighted by Crippen LogP contribution is -2.16. The van der Waals surface area contributed by atoms with Crippen LogP contribution in [0.2, 0.25) is 0 Å². The molecule has 7 heteroatoms. The number of nitriles is 1. The molecule has 2 aromatic heterocycles. The van der Waals surface area contributed by atoms with Gasteiger partial charge in [0.2, 0.25) is 0 Å². The number of carbonyl (C=O) groups is 1. The van der Waals surface area contributed by atoms with Gasteiger partial charge in [0.25, 0.3) is 5.91 Å². The molecule has 2 N–H and O–H groups in total. The third-order valence-electron chi connectivity index (χ3n) is 2.39. The average Bonchev–Trinajstić information content (AvgIpc) is 2.80. The first kappa shape index (κ1) is 13.1. The molecule has 0 aromatic carbocycles. The molecule has 0 atom stereocenters. The summed E-state index contributed by atoms with van der Waals surface area (Å²) in [4.78, 5) is 16.3. The van der Waals surface area contributed by atoms with Crippen LogP contribution in [0, 0.1) is 11.3 Å². The molecule has 0 radical (unpaired) electrons. The number of nitrogen functional groups attached to an aromatic ring is 1. The van der Waals surface area contributed by atoms with Crippen molar-refractivity contribution < 1.29 is 4.79 Å². The van der Waals surface area contributed by atoms with E-state index >= 15 is 0 Å². The second kappa shape index (κ2) is 5.54. The first-order valence-corrected chi connectivity index (χ1v) is 6.53. The summed E-state index contributed by atoms with van der Waals surface area (Å²) in [5.41, 5.74) is 6.22. The molecule has 19 heavy (non-hydrogen) atoms. The molecule has 0 saturated heterocycles. The normalized spacial score (nSPS) is 10.1. The molecule has 2 aromatic rings. The Morgan fingerprint density at radius 3 is 2.84 bits per heavy atom. The van der Waals surface area contributed by atoms with E-state index in [2.05, 4.69) is 10.1 Å². The van der Waals surface area contributed by atoms with Gasteiger partial charge < -0.3 is 5.73 Å². The first-order chi connectivity index (χ1) is 9.17. The number of pyridine rings is 1. The van der Waals surface area contributed by atoms with Crippen LogP contribution in [0.1, 0.15) is 22.8 Å². The summed E-state index contributed by atoms with van der Waals surface area (Å²) in [7, 11) is 0. The van der Waals surface area contributed by atoms with Crippen LogP contribution in [-0.4, -0.2) is 26.4 Å². The van der Waals surface area contributed by atoms with Gasteiger partial charge in [0, 0.05) is 6.20 Å². The van der Waals surface area contributed by atoms with Gasteiger partial charge in [-0.15, -0.1) is 11.8 Å². The molecule has 0 bridgehead atoms. The Kier molecular flexibility index (Phi) is 3.82. The van der Waals surface area contributed by atoms with Crippen LogP contribution < -0.4 is 5.73 Å². The first-order valence-electron chi connectivity index (χ1n) is 5.54. The molecule has 2 heterocycles. The van der Waals surface area contributed by atoms with Crippen LogP contribution in [0.5, 0.6) is 0 Å². The quantitative estimate of drug-likeness (QED) is 0.852. The van der Waals surface area contributed by atoms with Crippen LogP contribution in [0.3, 0.4) is 0 Å². The largest absolute Gasteiger partial charge is 0.382 e. The van der Waals surface area contributed by atoms with Gasteiger partial charge in [0.15, 0.2) is 0 Å². The van der Waals surface area contributed by atoms with Crippen molar-refractivity contribution in [2.75, 3.05) is 11.5 Å². The lowest BCUT2D eigenvalue weighted by molar-refractivity contribution is 0.0947. The number of aromatic nitrogens is 3. The molecular weight excluding hydrogens is 262 g/mol. The predicted octanol–water partition coefficient (Wildman–Crippen LogP) is 1.53. The van der Waals surface area contributed by atoms with Crippen LogP contribution in [0.15, 0.2) is 29.6 Å². The minimum atomic E-state index is -0.403. The molecule has 0 unspecified atom stereocenters. The van der Waals surface area contributed by atoms with Crippen molar-refractivity contribution in [3.8, 4) is 6.07 Å². The standard InChI is InChI=1S/C12H11N5OS/c1-2-19-10-4-3-8(6-15-10)12(18)17-11(14)9(5-13)7-16-17/h3-4,6-7H,2,14H2,1H3. The lowest BCUT2D eigenvalue weighted by Gasteiger charge is -2.03. The highest BCUT2D eigenvalue weighted by Gasteiger charge is 2.15. The summed E-state index contributed by atoms with van der Waals surface area (Å²) in [5.74, 6) is 0.553. The van der Waals surface area contributed by atoms with E-state index in [0.29, 0.717) is 5.56 Å². The molecular formula is C12H11N5OS. The van der Waals surface area contributed by atoms with Gasteiger partial charge in [0.05, 0.1) is 16.8 Å². The van der Waals surface area contributed by atoms with Crippen molar-refractivity contribution in [2.24, 2.45) is 0 Å². The van der Waals surface area contributed by atoms with Crippen LogP contribution >= 0.6 is 11.8 Å². The van der Waals surface area contributed by atoms with E-state index in [1.165, 1.54) is 12.4 Å². The van der Waals surface area contributed by atoms with E-state index in [1.54, 1.807) is 23.9 Å². The minimum Gasteiger partial charge on any atom is -0.382 e. The highest BCUT2D eigenvalue weighted by Crippen LogP contribution is 2.16. The Morgan fingerprint density at radius 1 is 1.53 bits per heavy atom. The summed E-state index contributed by atoms with van der Waals surface area (Å²) in [6, 6.07) is 5.31. The maximum atomic E-state index is 12.1. The molecule has 6 nitrogen and oxygen atoms in total. The third kappa shape index (κ3) is 2.58.